The Kier molecular flexibility index (Phi) is 7.71. The van der Waals surface area contributed by atoms with Gasteiger partial charge in [0.15, 0.2) is 0 Å². The van der Waals surface area contributed by atoms with Crippen molar-refractivity contribution in [3.8, 4) is 11.5 Å². The largest absolute Gasteiger partial charge is 0.411 e. The van der Waals surface area contributed by atoms with Crippen LogP contribution in [0.25, 0.3) is 11.5 Å². The molecule has 0 atom stereocenters. The number of thioether (sulfide) groups is 1. The molecule has 31 heavy (non-hydrogen) atoms. The Morgan fingerprint density at radius 2 is 1.84 bits per heavy atom. The summed E-state index contributed by atoms with van der Waals surface area (Å²) in [6.45, 7) is 4.29. The molecule has 11 heteroatoms. The summed E-state index contributed by atoms with van der Waals surface area (Å²) < 4.78 is 32.2. The Labute approximate surface area is 190 Å². The minimum absolute atomic E-state index is 0.0231. The Morgan fingerprint density at radius 3 is 2.52 bits per heavy atom. The lowest BCUT2D eigenvalue weighted by Gasteiger charge is -2.18. The highest BCUT2D eigenvalue weighted by atomic mass is 35.5. The highest BCUT2D eigenvalue weighted by Crippen LogP contribution is 2.25. The molecule has 3 aromatic rings. The Bertz CT molecular complexity index is 1150. The number of benzene rings is 2. The number of aromatic nitrogens is 2. The van der Waals surface area contributed by atoms with Gasteiger partial charge in [-0.15, -0.1) is 10.2 Å². The normalized spacial score (nSPS) is 11.6. The molecule has 0 aliphatic carbocycles. The van der Waals surface area contributed by atoms with Gasteiger partial charge in [-0.05, 0) is 42.5 Å². The molecule has 1 amide bonds. The second-order valence-corrected chi connectivity index (χ2v) is 9.63. The Hall–Kier alpha value is -2.40. The first-order valence-electron chi connectivity index (χ1n) is 9.45. The van der Waals surface area contributed by atoms with Gasteiger partial charge in [0.25, 0.3) is 5.22 Å². The van der Waals surface area contributed by atoms with Gasteiger partial charge in [0, 0.05) is 29.4 Å². The molecule has 164 valence electrons. The highest BCUT2D eigenvalue weighted by Gasteiger charge is 2.22. The predicted molar refractivity (Wildman–Crippen MR) is 121 cm³/mol. The van der Waals surface area contributed by atoms with Crippen molar-refractivity contribution in [2.24, 2.45) is 0 Å². The number of sulfonamides is 1. The number of amides is 1. The van der Waals surface area contributed by atoms with Gasteiger partial charge in [-0.25, -0.2) is 8.42 Å². The second-order valence-electron chi connectivity index (χ2n) is 6.33. The smallest absolute Gasteiger partial charge is 0.277 e. The van der Waals surface area contributed by atoms with Crippen LogP contribution in [0.15, 0.2) is 63.1 Å². The second kappa shape index (κ2) is 10.3. The fourth-order valence-corrected chi connectivity index (χ4v) is 4.94. The van der Waals surface area contributed by atoms with Crippen molar-refractivity contribution in [3.05, 3.63) is 53.6 Å². The zero-order valence-corrected chi connectivity index (χ0v) is 19.3. The maximum atomic E-state index is 12.7. The number of carbonyl (C=O) groups excluding carboxylic acids is 1. The Morgan fingerprint density at radius 1 is 1.13 bits per heavy atom. The van der Waals surface area contributed by atoms with Crippen molar-refractivity contribution in [3.63, 3.8) is 0 Å². The molecular weight excluding hydrogens is 460 g/mol. The van der Waals surface area contributed by atoms with E-state index in [1.165, 1.54) is 16.4 Å². The van der Waals surface area contributed by atoms with Gasteiger partial charge in [-0.1, -0.05) is 43.3 Å². The topological polar surface area (TPSA) is 105 Å². The third kappa shape index (κ3) is 5.85. The standard InChI is InChI=1S/C20H21ClN4O4S2/c1-3-25(4-2)31(27,28)17-7-5-6-16(12-17)22-18(26)13-30-20-24-23-19(29-20)14-8-10-15(21)11-9-14/h5-12H,3-4,13H2,1-2H3,(H,22,26). The lowest BCUT2D eigenvalue weighted by molar-refractivity contribution is -0.113. The summed E-state index contributed by atoms with van der Waals surface area (Å²) in [5, 5.41) is 11.4. The van der Waals surface area contributed by atoms with Gasteiger partial charge in [0.1, 0.15) is 0 Å². The molecule has 1 aromatic heterocycles. The van der Waals surface area contributed by atoms with Crippen LogP contribution in [0.2, 0.25) is 5.02 Å². The summed E-state index contributed by atoms with van der Waals surface area (Å²) in [6.07, 6.45) is 0. The van der Waals surface area contributed by atoms with E-state index in [-0.39, 0.29) is 21.8 Å². The molecule has 2 aromatic carbocycles. The molecule has 0 spiro atoms. The summed E-state index contributed by atoms with van der Waals surface area (Å²) in [5.41, 5.74) is 1.12. The summed E-state index contributed by atoms with van der Waals surface area (Å²) >= 11 is 6.95. The molecule has 1 N–H and O–H groups in total. The van der Waals surface area contributed by atoms with Crippen LogP contribution in [0.5, 0.6) is 0 Å². The molecular formula is C20H21ClN4O4S2. The van der Waals surface area contributed by atoms with E-state index in [1.807, 2.05) is 0 Å². The van der Waals surface area contributed by atoms with Gasteiger partial charge < -0.3 is 9.73 Å². The molecule has 8 nitrogen and oxygen atoms in total. The minimum Gasteiger partial charge on any atom is -0.411 e. The van der Waals surface area contributed by atoms with Crippen LogP contribution in [0.3, 0.4) is 0 Å². The summed E-state index contributed by atoms with van der Waals surface area (Å²) in [7, 11) is -3.61. The van der Waals surface area contributed by atoms with E-state index in [0.29, 0.717) is 29.7 Å². The first kappa shape index (κ1) is 23.3. The first-order valence-corrected chi connectivity index (χ1v) is 12.3. The van der Waals surface area contributed by atoms with Crippen LogP contribution in [-0.2, 0) is 14.8 Å². The molecule has 0 fully saturated rings. The molecule has 0 unspecified atom stereocenters. The summed E-state index contributed by atoms with van der Waals surface area (Å²) in [6, 6.07) is 13.1. The number of carbonyl (C=O) groups is 1. The van der Waals surface area contributed by atoms with Gasteiger partial charge >= 0.3 is 0 Å². The molecule has 0 aliphatic rings. The summed E-state index contributed by atoms with van der Waals surface area (Å²) in [4.78, 5) is 12.4. The Balaban J connectivity index is 1.61. The van der Waals surface area contributed by atoms with Crippen molar-refractivity contribution in [1.82, 2.24) is 14.5 Å². The monoisotopic (exact) mass is 480 g/mol. The van der Waals surface area contributed by atoms with Gasteiger partial charge in [0.05, 0.1) is 10.6 Å². The van der Waals surface area contributed by atoms with Crippen molar-refractivity contribution < 1.29 is 17.6 Å². The maximum absolute atomic E-state index is 12.7. The number of nitrogens with zero attached hydrogens (tertiary/aromatic N) is 3. The zero-order chi connectivity index (χ0) is 22.4. The average molecular weight is 481 g/mol. The molecule has 0 saturated heterocycles. The number of nitrogens with one attached hydrogen (secondary N) is 1. The molecule has 0 saturated carbocycles. The van der Waals surface area contributed by atoms with Crippen molar-refractivity contribution in [1.29, 1.82) is 0 Å². The molecule has 1 heterocycles. The van der Waals surface area contributed by atoms with Crippen LogP contribution >= 0.6 is 23.4 Å². The molecule has 0 bridgehead atoms. The zero-order valence-electron chi connectivity index (χ0n) is 16.9. The van der Waals surface area contributed by atoms with Crippen LogP contribution in [-0.4, -0.2) is 47.7 Å². The van der Waals surface area contributed by atoms with E-state index in [2.05, 4.69) is 15.5 Å². The molecule has 0 aliphatic heterocycles. The fraction of sp³-hybridized carbons (Fsp3) is 0.250. The van der Waals surface area contributed by atoms with E-state index in [0.717, 1.165) is 17.3 Å². The van der Waals surface area contributed by atoms with E-state index in [4.69, 9.17) is 16.0 Å². The van der Waals surface area contributed by atoms with Crippen LogP contribution in [0, 0.1) is 0 Å². The summed E-state index contributed by atoms with van der Waals surface area (Å²) in [5.74, 6) is 0.0254. The highest BCUT2D eigenvalue weighted by molar-refractivity contribution is 7.99. The van der Waals surface area contributed by atoms with E-state index < -0.39 is 10.0 Å². The quantitative estimate of drug-likeness (QED) is 0.458. The maximum Gasteiger partial charge on any atom is 0.277 e. The number of hydrogen-bond acceptors (Lipinski definition) is 7. The molecule has 3 rings (SSSR count). The third-order valence-electron chi connectivity index (χ3n) is 4.29. The lowest BCUT2D eigenvalue weighted by atomic mass is 10.2. The van der Waals surface area contributed by atoms with E-state index in [9.17, 15) is 13.2 Å². The lowest BCUT2D eigenvalue weighted by Crippen LogP contribution is -2.30. The average Bonchev–Trinajstić information content (AvgIpc) is 3.23. The predicted octanol–water partition coefficient (Wildman–Crippen LogP) is 4.15. The fourth-order valence-electron chi connectivity index (χ4n) is 2.75. The number of anilines is 1. The minimum atomic E-state index is -3.61. The number of rotatable bonds is 9. The SMILES string of the molecule is CCN(CC)S(=O)(=O)c1cccc(NC(=O)CSc2nnc(-c3ccc(Cl)cc3)o2)c1. The van der Waals surface area contributed by atoms with Crippen molar-refractivity contribution in [2.75, 3.05) is 24.2 Å². The van der Waals surface area contributed by atoms with Gasteiger partial charge in [0.2, 0.25) is 21.8 Å². The van der Waals surface area contributed by atoms with Gasteiger partial charge in [-0.3, -0.25) is 4.79 Å². The van der Waals surface area contributed by atoms with Crippen LogP contribution in [0.4, 0.5) is 5.69 Å². The van der Waals surface area contributed by atoms with Crippen molar-refractivity contribution in [2.45, 2.75) is 24.0 Å². The van der Waals surface area contributed by atoms with Crippen LogP contribution in [0.1, 0.15) is 13.8 Å². The number of hydrogen-bond donors (Lipinski definition) is 1. The number of halogens is 1. The van der Waals surface area contributed by atoms with Crippen molar-refractivity contribution >= 4 is 45.0 Å². The van der Waals surface area contributed by atoms with Crippen LogP contribution < -0.4 is 5.32 Å². The first-order chi connectivity index (χ1) is 14.8. The van der Waals surface area contributed by atoms with E-state index >= 15 is 0 Å². The van der Waals surface area contributed by atoms with Gasteiger partial charge in [-0.2, -0.15) is 4.31 Å². The van der Waals surface area contributed by atoms with E-state index in [1.54, 1.807) is 50.2 Å². The third-order valence-corrected chi connectivity index (χ3v) is 7.40. The molecule has 0 radical (unpaired) electrons.